The van der Waals surface area contributed by atoms with Crippen molar-refractivity contribution in [3.63, 3.8) is 0 Å². The number of hydrogen-bond acceptors (Lipinski definition) is 8. The predicted molar refractivity (Wildman–Crippen MR) is 184 cm³/mol. The molecule has 11 heteroatoms. The molecule has 3 aromatic carbocycles. The zero-order chi connectivity index (χ0) is 33.6. The lowest BCUT2D eigenvalue weighted by Gasteiger charge is -2.44. The van der Waals surface area contributed by atoms with E-state index in [4.69, 9.17) is 42.1 Å². The van der Waals surface area contributed by atoms with E-state index in [-0.39, 0.29) is 19.1 Å². The zero-order valence-electron chi connectivity index (χ0n) is 26.8. The highest BCUT2D eigenvalue weighted by Crippen LogP contribution is 2.36. The van der Waals surface area contributed by atoms with Gasteiger partial charge < -0.3 is 18.9 Å². The summed E-state index contributed by atoms with van der Waals surface area (Å²) in [5.74, 6) is 0.842. The van der Waals surface area contributed by atoms with Crippen LogP contribution in [0.5, 0.6) is 11.5 Å². The molecule has 0 saturated carbocycles. The van der Waals surface area contributed by atoms with E-state index in [1.165, 1.54) is 19.5 Å². The number of fused-ring (bicyclic) bond motifs is 3. The fourth-order valence-corrected chi connectivity index (χ4v) is 6.90. The Morgan fingerprint density at radius 2 is 1.65 bits per heavy atom. The van der Waals surface area contributed by atoms with Crippen LogP contribution >= 0.6 is 23.2 Å². The summed E-state index contributed by atoms with van der Waals surface area (Å²) in [5, 5.41) is 0.717. The highest BCUT2D eigenvalue weighted by molar-refractivity contribution is 6.35. The molecule has 3 fully saturated rings. The highest BCUT2D eigenvalue weighted by atomic mass is 35.5. The summed E-state index contributed by atoms with van der Waals surface area (Å²) in [7, 11) is 3.09. The van der Waals surface area contributed by atoms with Crippen LogP contribution in [0.4, 0.5) is 10.5 Å². The molecular weight excluding hydrogens is 653 g/mol. The molecule has 0 unspecified atom stereocenters. The summed E-state index contributed by atoms with van der Waals surface area (Å²) < 4.78 is 23.2. The number of methoxy groups -OCH3 is 2. The number of pyridine rings is 1. The molecule has 2 bridgehead atoms. The topological polar surface area (TPSA) is 90.4 Å². The molecule has 48 heavy (non-hydrogen) atoms. The first-order valence-electron chi connectivity index (χ1n) is 15.9. The summed E-state index contributed by atoms with van der Waals surface area (Å²) in [6, 6.07) is 21.8. The van der Waals surface area contributed by atoms with Gasteiger partial charge in [-0.1, -0.05) is 59.6 Å². The SMILES string of the molecule is COc1ccc([C@@H](Cc2c(Cl)cncc2Cl)OC(=O)c2cccc(CN(C(=O)O[C@H]3CN4CCC3CC4)c3ccccc3)c2)cc1OC. The third-order valence-electron chi connectivity index (χ3n) is 9.01. The number of anilines is 1. The molecule has 250 valence electrons. The monoisotopic (exact) mass is 689 g/mol. The van der Waals surface area contributed by atoms with Crippen LogP contribution in [0.25, 0.3) is 0 Å². The maximum atomic E-state index is 13.8. The lowest BCUT2D eigenvalue weighted by Crippen LogP contribution is -2.53. The van der Waals surface area contributed by atoms with Gasteiger partial charge in [-0.15, -0.1) is 0 Å². The maximum Gasteiger partial charge on any atom is 0.414 e. The molecule has 3 aliphatic rings. The molecule has 0 spiro atoms. The first-order valence-corrected chi connectivity index (χ1v) is 16.6. The second-order valence-corrected chi connectivity index (χ2v) is 12.8. The van der Waals surface area contributed by atoms with Gasteiger partial charge in [0.05, 0.1) is 36.4 Å². The normalized spacial score (nSPS) is 18.9. The number of para-hydroxylation sites is 1. The van der Waals surface area contributed by atoms with Gasteiger partial charge in [0, 0.05) is 31.0 Å². The number of benzene rings is 3. The first kappa shape index (κ1) is 33.6. The second kappa shape index (κ2) is 15.3. The van der Waals surface area contributed by atoms with Crippen LogP contribution in [0.15, 0.2) is 85.2 Å². The number of halogens is 2. The van der Waals surface area contributed by atoms with Crippen molar-refractivity contribution in [1.82, 2.24) is 9.88 Å². The molecule has 0 N–H and O–H groups in total. The van der Waals surface area contributed by atoms with E-state index in [2.05, 4.69) is 9.88 Å². The Morgan fingerprint density at radius 1 is 0.917 bits per heavy atom. The van der Waals surface area contributed by atoms with E-state index in [1.807, 2.05) is 36.4 Å². The van der Waals surface area contributed by atoms with Crippen molar-refractivity contribution in [3.8, 4) is 11.5 Å². The van der Waals surface area contributed by atoms with E-state index in [0.29, 0.717) is 49.8 Å². The number of rotatable bonds is 11. The van der Waals surface area contributed by atoms with E-state index in [9.17, 15) is 9.59 Å². The fraction of sp³-hybridized carbons (Fsp3) is 0.324. The Bertz CT molecular complexity index is 1730. The van der Waals surface area contributed by atoms with Gasteiger partial charge in [-0.25, -0.2) is 9.59 Å². The fourth-order valence-electron chi connectivity index (χ4n) is 6.38. The van der Waals surface area contributed by atoms with Gasteiger partial charge in [-0.05, 0) is 84.9 Å². The van der Waals surface area contributed by atoms with Crippen molar-refractivity contribution in [1.29, 1.82) is 0 Å². The summed E-state index contributed by atoms with van der Waals surface area (Å²) in [5.41, 5.74) is 3.02. The molecule has 4 aromatic rings. The number of hydrogen-bond donors (Lipinski definition) is 0. The van der Waals surface area contributed by atoms with Crippen LogP contribution in [0.1, 0.15) is 46.0 Å². The van der Waals surface area contributed by atoms with Gasteiger partial charge in [0.25, 0.3) is 0 Å². The molecule has 2 atom stereocenters. The molecule has 4 heterocycles. The van der Waals surface area contributed by atoms with Gasteiger partial charge >= 0.3 is 12.1 Å². The Balaban J connectivity index is 1.24. The summed E-state index contributed by atoms with van der Waals surface area (Å²) in [6.45, 7) is 3.07. The molecular formula is C37H37Cl2N3O6. The first-order chi connectivity index (χ1) is 23.3. The van der Waals surface area contributed by atoms with Gasteiger partial charge in [-0.2, -0.15) is 0 Å². The summed E-state index contributed by atoms with van der Waals surface area (Å²) >= 11 is 12.9. The van der Waals surface area contributed by atoms with Crippen LogP contribution in [0.3, 0.4) is 0 Å². The Kier molecular flexibility index (Phi) is 10.7. The molecule has 7 rings (SSSR count). The van der Waals surface area contributed by atoms with Crippen molar-refractivity contribution in [2.24, 2.45) is 5.92 Å². The number of piperidine rings is 3. The average molecular weight is 691 g/mol. The van der Waals surface area contributed by atoms with Crippen molar-refractivity contribution in [2.45, 2.75) is 38.0 Å². The molecule has 0 aliphatic carbocycles. The molecule has 3 saturated heterocycles. The molecule has 9 nitrogen and oxygen atoms in total. The summed E-state index contributed by atoms with van der Waals surface area (Å²) in [4.78, 5) is 35.5. The Labute approximate surface area is 290 Å². The van der Waals surface area contributed by atoms with E-state index in [0.717, 1.165) is 38.0 Å². The lowest BCUT2D eigenvalue weighted by molar-refractivity contribution is -0.0311. The zero-order valence-corrected chi connectivity index (χ0v) is 28.3. The van der Waals surface area contributed by atoms with Gasteiger partial charge in [-0.3, -0.25) is 14.8 Å². The summed E-state index contributed by atoms with van der Waals surface area (Å²) in [6.07, 6.45) is 3.94. The third kappa shape index (κ3) is 7.70. The maximum absolute atomic E-state index is 13.8. The quantitative estimate of drug-likeness (QED) is 0.148. The number of nitrogens with zero attached hydrogens (tertiary/aromatic N) is 3. The van der Waals surface area contributed by atoms with Crippen LogP contribution in [0.2, 0.25) is 10.0 Å². The van der Waals surface area contributed by atoms with Crippen LogP contribution in [-0.4, -0.2) is 61.9 Å². The smallest absolute Gasteiger partial charge is 0.414 e. The number of esters is 1. The lowest BCUT2D eigenvalue weighted by atomic mass is 9.86. The minimum absolute atomic E-state index is 0.136. The third-order valence-corrected chi connectivity index (χ3v) is 9.66. The van der Waals surface area contributed by atoms with Crippen LogP contribution in [0, 0.1) is 5.92 Å². The van der Waals surface area contributed by atoms with Gasteiger partial charge in [0.15, 0.2) is 11.5 Å². The van der Waals surface area contributed by atoms with E-state index in [1.54, 1.807) is 48.4 Å². The van der Waals surface area contributed by atoms with Crippen molar-refractivity contribution in [2.75, 3.05) is 38.8 Å². The largest absolute Gasteiger partial charge is 0.493 e. The minimum atomic E-state index is -0.782. The Morgan fingerprint density at radius 3 is 2.31 bits per heavy atom. The van der Waals surface area contributed by atoms with Gasteiger partial charge in [0.2, 0.25) is 0 Å². The van der Waals surface area contributed by atoms with Crippen molar-refractivity contribution >= 4 is 41.0 Å². The number of aromatic nitrogens is 1. The van der Waals surface area contributed by atoms with Crippen molar-refractivity contribution in [3.05, 3.63) is 117 Å². The number of carbonyl (C=O) groups excluding carboxylic acids is 2. The highest BCUT2D eigenvalue weighted by Gasteiger charge is 2.37. The van der Waals surface area contributed by atoms with Crippen LogP contribution in [-0.2, 0) is 22.4 Å². The number of ether oxygens (including phenoxy) is 4. The van der Waals surface area contributed by atoms with Crippen LogP contribution < -0.4 is 14.4 Å². The molecule has 0 radical (unpaired) electrons. The number of carbonyl (C=O) groups is 2. The molecule has 3 aliphatic heterocycles. The van der Waals surface area contributed by atoms with Crippen molar-refractivity contribution < 1.29 is 28.5 Å². The standard InChI is InChI=1S/C37H37Cl2N3O6/c1-45-32-12-11-26(18-34(32)46-2)33(19-29-30(38)20-40-21-31(29)39)47-36(43)27-8-6-7-24(17-27)22-42(28-9-4-3-5-10-28)37(44)48-35-23-41-15-13-25(35)14-16-41/h3-12,17-18,20-21,25,33,35H,13-16,19,22-23H2,1-2H3/t33-,35+/m1/s1. The van der Waals surface area contributed by atoms with E-state index >= 15 is 0 Å². The predicted octanol–water partition coefficient (Wildman–Crippen LogP) is 7.78. The Hall–Kier alpha value is -4.31. The second-order valence-electron chi connectivity index (χ2n) is 12.0. The minimum Gasteiger partial charge on any atom is -0.493 e. The molecule has 1 aromatic heterocycles. The number of amides is 1. The van der Waals surface area contributed by atoms with E-state index < -0.39 is 18.2 Å². The van der Waals surface area contributed by atoms with Gasteiger partial charge in [0.1, 0.15) is 12.2 Å². The average Bonchev–Trinajstić information content (AvgIpc) is 3.12. The molecule has 1 amide bonds.